The van der Waals surface area contributed by atoms with Crippen LogP contribution in [0.5, 0.6) is 0 Å². The quantitative estimate of drug-likeness (QED) is 0.804. The van der Waals surface area contributed by atoms with E-state index in [4.69, 9.17) is 4.74 Å². The molecule has 0 atom stereocenters. The lowest BCUT2D eigenvalue weighted by molar-refractivity contribution is 0.122. The molecule has 0 unspecified atom stereocenters. The highest BCUT2D eigenvalue weighted by Gasteiger charge is 2.10. The Kier molecular flexibility index (Phi) is 3.24. The SMILES string of the molecule is [c]1cncc(-c2ccc(N3CCOCC3)cc2)c1. The molecule has 3 nitrogen and oxygen atoms in total. The summed E-state index contributed by atoms with van der Waals surface area (Å²) in [6, 6.07) is 13.5. The molecule has 1 aromatic carbocycles. The highest BCUT2D eigenvalue weighted by molar-refractivity contribution is 5.65. The number of ether oxygens (including phenoxy) is 1. The molecule has 1 aliphatic heterocycles. The second-order valence-electron chi connectivity index (χ2n) is 4.32. The smallest absolute Gasteiger partial charge is 0.0642 e. The van der Waals surface area contributed by atoms with E-state index in [0.717, 1.165) is 31.9 Å². The minimum Gasteiger partial charge on any atom is -0.378 e. The minimum atomic E-state index is 0.819. The van der Waals surface area contributed by atoms with Gasteiger partial charge in [0.25, 0.3) is 0 Å². The van der Waals surface area contributed by atoms with Crippen molar-refractivity contribution >= 4 is 5.69 Å². The van der Waals surface area contributed by atoms with Gasteiger partial charge in [-0.3, -0.25) is 4.98 Å². The summed E-state index contributed by atoms with van der Waals surface area (Å²) in [5, 5.41) is 0. The van der Waals surface area contributed by atoms with Crippen molar-refractivity contribution in [2.75, 3.05) is 31.2 Å². The van der Waals surface area contributed by atoms with Crippen LogP contribution in [0.25, 0.3) is 11.1 Å². The first-order valence-corrected chi connectivity index (χ1v) is 6.18. The molecule has 2 heterocycles. The van der Waals surface area contributed by atoms with Crippen LogP contribution in [-0.4, -0.2) is 31.3 Å². The molecule has 1 aromatic heterocycles. The van der Waals surface area contributed by atoms with Crippen LogP contribution in [0, 0.1) is 6.07 Å². The Morgan fingerprint density at radius 1 is 1.06 bits per heavy atom. The van der Waals surface area contributed by atoms with Gasteiger partial charge in [0.05, 0.1) is 13.2 Å². The average molecular weight is 239 g/mol. The Bertz CT molecular complexity index is 490. The van der Waals surface area contributed by atoms with Gasteiger partial charge in [-0.1, -0.05) is 12.1 Å². The zero-order valence-corrected chi connectivity index (χ0v) is 10.2. The highest BCUT2D eigenvalue weighted by atomic mass is 16.5. The monoisotopic (exact) mass is 239 g/mol. The molecular formula is C15H15N2O. The number of nitrogens with zero attached hydrogens (tertiary/aromatic N) is 2. The predicted octanol–water partition coefficient (Wildman–Crippen LogP) is 2.39. The van der Waals surface area contributed by atoms with E-state index in [1.807, 2.05) is 12.3 Å². The molecule has 1 saturated heterocycles. The number of morpholine rings is 1. The molecule has 0 saturated carbocycles. The summed E-state index contributed by atoms with van der Waals surface area (Å²) in [4.78, 5) is 6.44. The fourth-order valence-electron chi connectivity index (χ4n) is 2.17. The first-order valence-electron chi connectivity index (χ1n) is 6.18. The summed E-state index contributed by atoms with van der Waals surface area (Å²) < 4.78 is 5.36. The molecule has 0 amide bonds. The van der Waals surface area contributed by atoms with Crippen molar-refractivity contribution < 1.29 is 4.74 Å². The Labute approximate surface area is 107 Å². The first kappa shape index (κ1) is 11.2. The zero-order chi connectivity index (χ0) is 12.2. The molecule has 1 radical (unpaired) electrons. The third-order valence-corrected chi connectivity index (χ3v) is 3.18. The maximum absolute atomic E-state index is 5.36. The molecule has 18 heavy (non-hydrogen) atoms. The van der Waals surface area contributed by atoms with Gasteiger partial charge in [-0.2, -0.15) is 0 Å². The van der Waals surface area contributed by atoms with Crippen molar-refractivity contribution in [3.8, 4) is 11.1 Å². The summed E-state index contributed by atoms with van der Waals surface area (Å²) in [6.07, 6.45) is 3.53. The van der Waals surface area contributed by atoms with Gasteiger partial charge in [-0.25, -0.2) is 0 Å². The minimum absolute atomic E-state index is 0.819. The number of anilines is 1. The van der Waals surface area contributed by atoms with Crippen molar-refractivity contribution in [3.05, 3.63) is 48.8 Å². The van der Waals surface area contributed by atoms with Gasteiger partial charge in [0, 0.05) is 42.8 Å². The lowest BCUT2D eigenvalue weighted by Gasteiger charge is -2.28. The van der Waals surface area contributed by atoms with Gasteiger partial charge in [0.1, 0.15) is 0 Å². The molecular weight excluding hydrogens is 224 g/mol. The maximum Gasteiger partial charge on any atom is 0.0642 e. The summed E-state index contributed by atoms with van der Waals surface area (Å²) in [7, 11) is 0. The van der Waals surface area contributed by atoms with Crippen molar-refractivity contribution in [2.24, 2.45) is 0 Å². The summed E-state index contributed by atoms with van der Waals surface area (Å²) in [5.74, 6) is 0. The largest absolute Gasteiger partial charge is 0.378 e. The standard InChI is InChI=1S/C15H15N2O/c1-2-14(12-16-7-1)13-3-5-15(6-4-13)17-8-10-18-11-9-17/h2-7,12H,8-11H2. The van der Waals surface area contributed by atoms with E-state index < -0.39 is 0 Å². The fourth-order valence-corrected chi connectivity index (χ4v) is 2.17. The molecule has 0 spiro atoms. The van der Waals surface area contributed by atoms with E-state index in [-0.39, 0.29) is 0 Å². The molecule has 91 valence electrons. The van der Waals surface area contributed by atoms with Gasteiger partial charge in [-0.15, -0.1) is 0 Å². The van der Waals surface area contributed by atoms with E-state index in [9.17, 15) is 0 Å². The molecule has 2 aromatic rings. The predicted molar refractivity (Wildman–Crippen MR) is 71.5 cm³/mol. The highest BCUT2D eigenvalue weighted by Crippen LogP contribution is 2.22. The molecule has 3 heteroatoms. The number of hydrogen-bond donors (Lipinski definition) is 0. The Morgan fingerprint density at radius 2 is 1.83 bits per heavy atom. The van der Waals surface area contributed by atoms with E-state index in [2.05, 4.69) is 40.2 Å². The van der Waals surface area contributed by atoms with Crippen molar-refractivity contribution in [2.45, 2.75) is 0 Å². The number of rotatable bonds is 2. The van der Waals surface area contributed by atoms with Crippen LogP contribution in [0.15, 0.2) is 42.7 Å². The first-order chi connectivity index (χ1) is 8.93. The topological polar surface area (TPSA) is 25.4 Å². The van der Waals surface area contributed by atoms with Gasteiger partial charge in [-0.05, 0) is 23.8 Å². The lowest BCUT2D eigenvalue weighted by atomic mass is 10.1. The van der Waals surface area contributed by atoms with Crippen LogP contribution < -0.4 is 4.90 Å². The molecule has 1 aliphatic rings. The number of pyridine rings is 1. The Morgan fingerprint density at radius 3 is 2.50 bits per heavy atom. The van der Waals surface area contributed by atoms with Crippen LogP contribution >= 0.6 is 0 Å². The average Bonchev–Trinajstić information content (AvgIpc) is 2.49. The van der Waals surface area contributed by atoms with Crippen molar-refractivity contribution in [1.82, 2.24) is 4.98 Å². The Hall–Kier alpha value is -1.87. The van der Waals surface area contributed by atoms with E-state index in [1.165, 1.54) is 11.3 Å². The second kappa shape index (κ2) is 5.19. The van der Waals surface area contributed by atoms with E-state index in [0.29, 0.717) is 0 Å². The normalized spacial score (nSPS) is 15.7. The molecule has 0 aliphatic carbocycles. The van der Waals surface area contributed by atoms with Crippen LogP contribution in [0.2, 0.25) is 0 Å². The summed E-state index contributed by atoms with van der Waals surface area (Å²) in [5.41, 5.74) is 3.54. The fraction of sp³-hybridized carbons (Fsp3) is 0.267. The van der Waals surface area contributed by atoms with Crippen LogP contribution in [0.4, 0.5) is 5.69 Å². The summed E-state index contributed by atoms with van der Waals surface area (Å²) >= 11 is 0. The summed E-state index contributed by atoms with van der Waals surface area (Å²) in [6.45, 7) is 3.58. The van der Waals surface area contributed by atoms with Crippen LogP contribution in [0.1, 0.15) is 0 Å². The van der Waals surface area contributed by atoms with Crippen LogP contribution in [-0.2, 0) is 4.74 Å². The molecule has 1 fully saturated rings. The maximum atomic E-state index is 5.36. The van der Waals surface area contributed by atoms with E-state index in [1.54, 1.807) is 6.20 Å². The number of benzene rings is 1. The number of aromatic nitrogens is 1. The van der Waals surface area contributed by atoms with Gasteiger partial charge in [0.2, 0.25) is 0 Å². The number of hydrogen-bond acceptors (Lipinski definition) is 3. The van der Waals surface area contributed by atoms with Gasteiger partial charge >= 0.3 is 0 Å². The lowest BCUT2D eigenvalue weighted by Crippen LogP contribution is -2.36. The molecule has 3 rings (SSSR count). The van der Waals surface area contributed by atoms with Crippen molar-refractivity contribution in [3.63, 3.8) is 0 Å². The van der Waals surface area contributed by atoms with Gasteiger partial charge < -0.3 is 9.64 Å². The Balaban J connectivity index is 1.80. The zero-order valence-electron chi connectivity index (χ0n) is 10.2. The third-order valence-electron chi connectivity index (χ3n) is 3.18. The van der Waals surface area contributed by atoms with Gasteiger partial charge in [0.15, 0.2) is 0 Å². The van der Waals surface area contributed by atoms with Crippen LogP contribution in [0.3, 0.4) is 0 Å². The third kappa shape index (κ3) is 2.36. The molecule has 0 N–H and O–H groups in total. The molecule has 0 bridgehead atoms. The van der Waals surface area contributed by atoms with E-state index >= 15 is 0 Å². The van der Waals surface area contributed by atoms with Crippen molar-refractivity contribution in [1.29, 1.82) is 0 Å². The second-order valence-corrected chi connectivity index (χ2v) is 4.32.